The molecule has 1 aliphatic rings. The number of aromatic nitrogens is 4. The molecule has 136 valence electrons. The van der Waals surface area contributed by atoms with Gasteiger partial charge in [-0.3, -0.25) is 4.79 Å². The molecule has 0 radical (unpaired) electrons. The van der Waals surface area contributed by atoms with E-state index >= 15 is 0 Å². The summed E-state index contributed by atoms with van der Waals surface area (Å²) >= 11 is 6.03. The van der Waals surface area contributed by atoms with Gasteiger partial charge in [-0.15, -0.1) is 5.10 Å². The fraction of sp³-hybridized carbons (Fsp3) is 0.250. The van der Waals surface area contributed by atoms with Crippen LogP contribution in [0.3, 0.4) is 0 Å². The smallest absolute Gasteiger partial charge is 0.256 e. The van der Waals surface area contributed by atoms with Crippen LogP contribution >= 0.6 is 11.6 Å². The largest absolute Gasteiger partial charge is 0.360 e. The predicted octanol–water partition coefficient (Wildman–Crippen LogP) is 4.04. The second kappa shape index (κ2) is 6.39. The Balaban J connectivity index is 1.34. The molecule has 2 aromatic heterocycles. The van der Waals surface area contributed by atoms with Crippen LogP contribution in [0.15, 0.2) is 48.7 Å². The Kier molecular flexibility index (Phi) is 3.86. The van der Waals surface area contributed by atoms with Crippen molar-refractivity contribution in [2.75, 3.05) is 13.1 Å². The number of rotatable bonds is 2. The number of halogens is 1. The van der Waals surface area contributed by atoms with Gasteiger partial charge in [-0.25, -0.2) is 4.68 Å². The monoisotopic (exact) mass is 379 g/mol. The maximum absolute atomic E-state index is 13.0. The first-order chi connectivity index (χ1) is 13.2. The lowest BCUT2D eigenvalue weighted by Crippen LogP contribution is -2.39. The third-order valence-corrected chi connectivity index (χ3v) is 5.58. The van der Waals surface area contributed by atoms with Crippen molar-refractivity contribution in [1.29, 1.82) is 0 Å². The van der Waals surface area contributed by atoms with E-state index in [2.05, 4.69) is 15.3 Å². The summed E-state index contributed by atoms with van der Waals surface area (Å²) in [5.41, 5.74) is 3.55. The van der Waals surface area contributed by atoms with Crippen LogP contribution in [0.25, 0.3) is 21.9 Å². The molecule has 3 heterocycles. The summed E-state index contributed by atoms with van der Waals surface area (Å²) in [6, 6.07) is 13.8. The summed E-state index contributed by atoms with van der Waals surface area (Å²) in [7, 11) is 0. The topological polar surface area (TPSA) is 66.8 Å². The van der Waals surface area contributed by atoms with Crippen molar-refractivity contribution in [3.63, 3.8) is 0 Å². The first-order valence-corrected chi connectivity index (χ1v) is 9.44. The average Bonchev–Trinajstić information content (AvgIpc) is 3.31. The molecule has 1 amide bonds. The van der Waals surface area contributed by atoms with E-state index in [1.807, 2.05) is 52.0 Å². The summed E-state index contributed by atoms with van der Waals surface area (Å²) in [5.74, 6) is 0.0606. The number of amides is 1. The maximum Gasteiger partial charge on any atom is 0.256 e. The van der Waals surface area contributed by atoms with Gasteiger partial charge in [0.1, 0.15) is 5.52 Å². The molecule has 27 heavy (non-hydrogen) atoms. The minimum atomic E-state index is 0.0606. The van der Waals surface area contributed by atoms with Gasteiger partial charge >= 0.3 is 0 Å². The van der Waals surface area contributed by atoms with Crippen LogP contribution in [0.2, 0.25) is 5.02 Å². The van der Waals surface area contributed by atoms with Crippen LogP contribution in [-0.2, 0) is 0 Å². The summed E-state index contributed by atoms with van der Waals surface area (Å²) in [5, 5.41) is 10.1. The Hall–Kier alpha value is -2.86. The summed E-state index contributed by atoms with van der Waals surface area (Å²) in [6.45, 7) is 1.41. The molecule has 6 nitrogen and oxygen atoms in total. The normalized spacial score (nSPS) is 15.7. The Morgan fingerprint density at radius 3 is 2.81 bits per heavy atom. The molecule has 0 unspecified atom stereocenters. The maximum atomic E-state index is 13.0. The van der Waals surface area contributed by atoms with Gasteiger partial charge in [0.05, 0.1) is 17.1 Å². The Labute approximate surface area is 160 Å². The Morgan fingerprint density at radius 2 is 1.96 bits per heavy atom. The minimum absolute atomic E-state index is 0.0606. The lowest BCUT2D eigenvalue weighted by Gasteiger charge is -2.32. The number of benzene rings is 2. The number of piperidine rings is 1. The molecule has 1 saturated heterocycles. The molecule has 7 heteroatoms. The quantitative estimate of drug-likeness (QED) is 0.571. The van der Waals surface area contributed by atoms with Crippen LogP contribution in [-0.4, -0.2) is 43.9 Å². The number of H-pyrrole nitrogens is 1. The van der Waals surface area contributed by atoms with E-state index in [4.69, 9.17) is 11.6 Å². The van der Waals surface area contributed by atoms with Gasteiger partial charge in [-0.1, -0.05) is 35.0 Å². The number of fused-ring (bicyclic) bond motifs is 2. The van der Waals surface area contributed by atoms with E-state index in [-0.39, 0.29) is 11.9 Å². The Morgan fingerprint density at radius 1 is 1.15 bits per heavy atom. The predicted molar refractivity (Wildman–Crippen MR) is 105 cm³/mol. The number of nitrogens with one attached hydrogen (secondary N) is 1. The number of hydrogen-bond donors (Lipinski definition) is 1. The standard InChI is InChI=1S/C20H18ClN5O/c21-13-5-6-15-16(12-22-18(15)11-13)20(27)25-9-7-14(8-10-25)26-19-4-2-1-3-17(19)23-24-26/h1-6,11-12,14,22H,7-10H2. The highest BCUT2D eigenvalue weighted by molar-refractivity contribution is 6.31. The molecular weight excluding hydrogens is 362 g/mol. The average molecular weight is 380 g/mol. The van der Waals surface area contributed by atoms with Crippen LogP contribution in [0.4, 0.5) is 0 Å². The fourth-order valence-electron chi connectivity index (χ4n) is 3.92. The molecule has 0 aliphatic carbocycles. The van der Waals surface area contributed by atoms with Gasteiger partial charge in [0, 0.05) is 35.2 Å². The van der Waals surface area contributed by atoms with Crippen LogP contribution in [0.1, 0.15) is 29.2 Å². The van der Waals surface area contributed by atoms with Gasteiger partial charge in [0.15, 0.2) is 0 Å². The molecule has 1 fully saturated rings. The van der Waals surface area contributed by atoms with Crippen molar-refractivity contribution in [3.8, 4) is 0 Å². The van der Waals surface area contributed by atoms with Crippen LogP contribution in [0, 0.1) is 0 Å². The van der Waals surface area contributed by atoms with Crippen molar-refractivity contribution < 1.29 is 4.79 Å². The van der Waals surface area contributed by atoms with Crippen LogP contribution < -0.4 is 0 Å². The zero-order chi connectivity index (χ0) is 18.4. The molecule has 0 atom stereocenters. The zero-order valence-corrected chi connectivity index (χ0v) is 15.4. The Bertz CT molecular complexity index is 1140. The minimum Gasteiger partial charge on any atom is -0.360 e. The molecule has 1 N–H and O–H groups in total. The van der Waals surface area contributed by atoms with Crippen LogP contribution in [0.5, 0.6) is 0 Å². The number of aromatic amines is 1. The highest BCUT2D eigenvalue weighted by atomic mass is 35.5. The van der Waals surface area contributed by atoms with Crippen molar-refractivity contribution in [2.45, 2.75) is 18.9 Å². The van der Waals surface area contributed by atoms with Gasteiger partial charge in [-0.05, 0) is 37.1 Å². The first kappa shape index (κ1) is 16.3. The highest BCUT2D eigenvalue weighted by Crippen LogP contribution is 2.28. The van der Waals surface area contributed by atoms with Crippen molar-refractivity contribution in [1.82, 2.24) is 24.9 Å². The van der Waals surface area contributed by atoms with Gasteiger partial charge in [0.2, 0.25) is 0 Å². The van der Waals surface area contributed by atoms with E-state index < -0.39 is 0 Å². The molecule has 2 aromatic carbocycles. The lowest BCUT2D eigenvalue weighted by molar-refractivity contribution is 0.0693. The SMILES string of the molecule is O=C(c1c[nH]c2cc(Cl)ccc12)N1CCC(n2nnc3ccccc32)CC1. The van der Waals surface area contributed by atoms with Gasteiger partial charge in [0.25, 0.3) is 5.91 Å². The molecule has 5 rings (SSSR count). The molecular formula is C20H18ClN5O. The van der Waals surface area contributed by atoms with E-state index in [9.17, 15) is 4.79 Å². The molecule has 0 spiro atoms. The zero-order valence-electron chi connectivity index (χ0n) is 14.6. The molecule has 4 aromatic rings. The third kappa shape index (κ3) is 2.77. The van der Waals surface area contributed by atoms with Gasteiger partial charge < -0.3 is 9.88 Å². The highest BCUT2D eigenvalue weighted by Gasteiger charge is 2.27. The van der Waals surface area contributed by atoms with E-state index in [1.54, 1.807) is 6.20 Å². The summed E-state index contributed by atoms with van der Waals surface area (Å²) in [4.78, 5) is 18.1. The second-order valence-electron chi connectivity index (χ2n) is 6.94. The fourth-order valence-corrected chi connectivity index (χ4v) is 4.09. The molecule has 0 bridgehead atoms. The van der Waals surface area contributed by atoms with E-state index in [1.165, 1.54) is 0 Å². The molecule has 0 saturated carbocycles. The van der Waals surface area contributed by atoms with Crippen molar-refractivity contribution in [3.05, 3.63) is 59.2 Å². The number of likely N-dealkylation sites (tertiary alicyclic amines) is 1. The molecule has 1 aliphatic heterocycles. The summed E-state index contributed by atoms with van der Waals surface area (Å²) in [6.07, 6.45) is 3.51. The number of nitrogens with zero attached hydrogens (tertiary/aromatic N) is 4. The second-order valence-corrected chi connectivity index (χ2v) is 7.37. The summed E-state index contributed by atoms with van der Waals surface area (Å²) < 4.78 is 2.00. The number of hydrogen-bond acceptors (Lipinski definition) is 3. The van der Waals surface area contributed by atoms with E-state index in [0.717, 1.165) is 34.8 Å². The number of para-hydroxylation sites is 1. The van der Waals surface area contributed by atoms with E-state index in [0.29, 0.717) is 23.7 Å². The number of carbonyl (C=O) groups is 1. The third-order valence-electron chi connectivity index (χ3n) is 5.35. The van der Waals surface area contributed by atoms with Crippen molar-refractivity contribution >= 4 is 39.4 Å². The van der Waals surface area contributed by atoms with Gasteiger partial charge in [-0.2, -0.15) is 0 Å². The lowest BCUT2D eigenvalue weighted by atomic mass is 10.0. The number of carbonyl (C=O) groups excluding carboxylic acids is 1. The first-order valence-electron chi connectivity index (χ1n) is 9.06. The van der Waals surface area contributed by atoms with Crippen molar-refractivity contribution in [2.24, 2.45) is 0 Å².